The van der Waals surface area contributed by atoms with E-state index in [2.05, 4.69) is 38.0 Å². The van der Waals surface area contributed by atoms with Crippen LogP contribution in [0, 0.1) is 22.2 Å². The van der Waals surface area contributed by atoms with E-state index in [0.29, 0.717) is 16.2 Å². The summed E-state index contributed by atoms with van der Waals surface area (Å²) < 4.78 is 0. The number of hydrogen-bond donors (Lipinski definition) is 0. The number of allylic oxidation sites excluding steroid dienone is 3. The van der Waals surface area contributed by atoms with Crippen molar-refractivity contribution in [1.29, 1.82) is 0 Å². The highest BCUT2D eigenvalue weighted by molar-refractivity contribution is 5.23. The lowest BCUT2D eigenvalue weighted by Gasteiger charge is -2.65. The molecular formula is C16H22. The number of hydrogen-bond acceptors (Lipinski definition) is 0. The summed E-state index contributed by atoms with van der Waals surface area (Å²) in [4.78, 5) is 0. The minimum atomic E-state index is 0.391. The Balaban J connectivity index is 2.09. The van der Waals surface area contributed by atoms with Gasteiger partial charge in [-0.1, -0.05) is 18.2 Å². The van der Waals surface area contributed by atoms with Crippen LogP contribution in [0.3, 0.4) is 0 Å². The molecule has 0 aromatic carbocycles. The predicted octanol–water partition coefficient (Wildman–Crippen LogP) is 4.50. The lowest BCUT2D eigenvalue weighted by Crippen LogP contribution is -2.54. The normalized spacial score (nSPS) is 53.6. The van der Waals surface area contributed by atoms with E-state index in [0.717, 1.165) is 5.92 Å². The van der Waals surface area contributed by atoms with Crippen molar-refractivity contribution in [3.8, 4) is 0 Å². The second-order valence-corrected chi connectivity index (χ2v) is 6.71. The molecule has 4 aliphatic rings. The molecule has 4 aliphatic carbocycles. The van der Waals surface area contributed by atoms with E-state index in [1.54, 1.807) is 0 Å². The van der Waals surface area contributed by atoms with E-state index < -0.39 is 0 Å². The maximum atomic E-state index is 4.11. The Kier molecular flexibility index (Phi) is 1.89. The van der Waals surface area contributed by atoms with Gasteiger partial charge in [0, 0.05) is 0 Å². The summed E-state index contributed by atoms with van der Waals surface area (Å²) in [7, 11) is 0. The molecule has 0 saturated heterocycles. The predicted molar refractivity (Wildman–Crippen MR) is 69.1 cm³/mol. The SMILES string of the molecule is C=CC12CC3CC(C=C)(C1)CC(C=C)(C3)C2. The summed E-state index contributed by atoms with van der Waals surface area (Å²) >= 11 is 0. The Morgan fingerprint density at radius 1 is 0.688 bits per heavy atom. The standard InChI is InChI=1S/C16H22/c1-4-14-7-13-8-15(5-2,10-14)12-16(6-3,9-13)11-14/h4-6,13H,1-3,7-12H2. The first-order chi connectivity index (χ1) is 7.59. The summed E-state index contributed by atoms with van der Waals surface area (Å²) in [5.41, 5.74) is 1.17. The first kappa shape index (κ1) is 10.4. The van der Waals surface area contributed by atoms with Gasteiger partial charge < -0.3 is 0 Å². The fraction of sp³-hybridized carbons (Fsp3) is 0.625. The van der Waals surface area contributed by atoms with Crippen molar-refractivity contribution in [1.82, 2.24) is 0 Å². The average molecular weight is 214 g/mol. The first-order valence-electron chi connectivity index (χ1n) is 6.50. The lowest BCUT2D eigenvalue weighted by atomic mass is 9.39. The van der Waals surface area contributed by atoms with Crippen molar-refractivity contribution < 1.29 is 0 Å². The summed E-state index contributed by atoms with van der Waals surface area (Å²) in [5.74, 6) is 0.880. The highest BCUT2D eigenvalue weighted by Gasteiger charge is 2.60. The highest BCUT2D eigenvalue weighted by atomic mass is 14.6. The van der Waals surface area contributed by atoms with Crippen LogP contribution in [0.25, 0.3) is 0 Å². The van der Waals surface area contributed by atoms with E-state index >= 15 is 0 Å². The molecule has 0 heteroatoms. The van der Waals surface area contributed by atoms with Crippen molar-refractivity contribution in [2.24, 2.45) is 22.2 Å². The summed E-state index contributed by atoms with van der Waals surface area (Å²) in [5, 5.41) is 0. The van der Waals surface area contributed by atoms with Crippen molar-refractivity contribution in [2.75, 3.05) is 0 Å². The average Bonchev–Trinajstić information content (AvgIpc) is 2.28. The van der Waals surface area contributed by atoms with Gasteiger partial charge in [0.15, 0.2) is 0 Å². The van der Waals surface area contributed by atoms with Crippen LogP contribution in [-0.4, -0.2) is 0 Å². The maximum Gasteiger partial charge on any atom is -0.0102 e. The van der Waals surface area contributed by atoms with Gasteiger partial charge in [-0.15, -0.1) is 19.7 Å². The molecular weight excluding hydrogens is 192 g/mol. The molecule has 4 fully saturated rings. The van der Waals surface area contributed by atoms with E-state index in [1.165, 1.54) is 38.5 Å². The Hall–Kier alpha value is -0.780. The van der Waals surface area contributed by atoms with Gasteiger partial charge in [-0.25, -0.2) is 0 Å². The topological polar surface area (TPSA) is 0 Å². The molecule has 4 bridgehead atoms. The van der Waals surface area contributed by atoms with Crippen LogP contribution < -0.4 is 0 Å². The Morgan fingerprint density at radius 2 is 1.00 bits per heavy atom. The largest absolute Gasteiger partial charge is 0.103 e. The molecule has 0 heterocycles. The van der Waals surface area contributed by atoms with Crippen LogP contribution in [0.15, 0.2) is 38.0 Å². The van der Waals surface area contributed by atoms with E-state index in [-0.39, 0.29) is 0 Å². The minimum absolute atomic E-state index is 0.391. The van der Waals surface area contributed by atoms with Gasteiger partial charge in [-0.2, -0.15) is 0 Å². The molecule has 0 amide bonds. The van der Waals surface area contributed by atoms with Gasteiger partial charge in [0.25, 0.3) is 0 Å². The second kappa shape index (κ2) is 2.91. The second-order valence-electron chi connectivity index (χ2n) is 6.71. The lowest BCUT2D eigenvalue weighted by molar-refractivity contribution is -0.0967. The monoisotopic (exact) mass is 214 g/mol. The number of rotatable bonds is 3. The van der Waals surface area contributed by atoms with Crippen molar-refractivity contribution >= 4 is 0 Å². The quantitative estimate of drug-likeness (QED) is 0.607. The third-order valence-electron chi connectivity index (χ3n) is 5.50. The Morgan fingerprint density at radius 3 is 1.25 bits per heavy atom. The van der Waals surface area contributed by atoms with Crippen LogP contribution >= 0.6 is 0 Å². The zero-order valence-corrected chi connectivity index (χ0v) is 10.2. The maximum absolute atomic E-state index is 4.11. The molecule has 0 atom stereocenters. The minimum Gasteiger partial charge on any atom is -0.103 e. The van der Waals surface area contributed by atoms with Crippen molar-refractivity contribution in [3.05, 3.63) is 38.0 Å². The van der Waals surface area contributed by atoms with Crippen LogP contribution in [-0.2, 0) is 0 Å². The van der Waals surface area contributed by atoms with Crippen LogP contribution in [0.1, 0.15) is 38.5 Å². The van der Waals surface area contributed by atoms with Crippen LogP contribution in [0.5, 0.6) is 0 Å². The van der Waals surface area contributed by atoms with E-state index in [1.807, 2.05) is 0 Å². The molecule has 4 saturated carbocycles. The van der Waals surface area contributed by atoms with Crippen molar-refractivity contribution in [3.63, 3.8) is 0 Å². The summed E-state index contributed by atoms with van der Waals surface area (Å²) in [6.07, 6.45) is 14.7. The third kappa shape index (κ3) is 1.16. The van der Waals surface area contributed by atoms with E-state index in [9.17, 15) is 0 Å². The van der Waals surface area contributed by atoms with Gasteiger partial charge >= 0.3 is 0 Å². The molecule has 86 valence electrons. The molecule has 0 unspecified atom stereocenters. The third-order valence-corrected chi connectivity index (χ3v) is 5.50. The van der Waals surface area contributed by atoms with E-state index in [4.69, 9.17) is 0 Å². The van der Waals surface area contributed by atoms with Gasteiger partial charge in [-0.05, 0) is 60.7 Å². The molecule has 0 aromatic heterocycles. The van der Waals surface area contributed by atoms with Crippen LogP contribution in [0.4, 0.5) is 0 Å². The molecule has 0 N–H and O–H groups in total. The molecule has 16 heavy (non-hydrogen) atoms. The van der Waals surface area contributed by atoms with Crippen molar-refractivity contribution in [2.45, 2.75) is 38.5 Å². The van der Waals surface area contributed by atoms with Gasteiger partial charge in [0.2, 0.25) is 0 Å². The van der Waals surface area contributed by atoms with Crippen LogP contribution in [0.2, 0.25) is 0 Å². The van der Waals surface area contributed by atoms with Gasteiger partial charge in [0.05, 0.1) is 0 Å². The summed E-state index contributed by atoms with van der Waals surface area (Å²) in [6.45, 7) is 12.3. The fourth-order valence-corrected chi connectivity index (χ4v) is 5.35. The van der Waals surface area contributed by atoms with Gasteiger partial charge in [0.1, 0.15) is 0 Å². The molecule has 0 radical (unpaired) electrons. The first-order valence-corrected chi connectivity index (χ1v) is 6.50. The molecule has 4 rings (SSSR count). The zero-order valence-electron chi connectivity index (χ0n) is 10.2. The Bertz CT molecular complexity index is 297. The smallest absolute Gasteiger partial charge is 0.0102 e. The zero-order chi connectivity index (χ0) is 11.4. The van der Waals surface area contributed by atoms with Gasteiger partial charge in [-0.3, -0.25) is 0 Å². The molecule has 0 nitrogen and oxygen atoms in total. The Labute approximate surface area is 99.1 Å². The molecule has 0 spiro atoms. The molecule has 0 aromatic rings. The fourth-order valence-electron chi connectivity index (χ4n) is 5.35. The summed E-state index contributed by atoms with van der Waals surface area (Å²) in [6, 6.07) is 0. The highest BCUT2D eigenvalue weighted by Crippen LogP contribution is 2.70. The molecule has 0 aliphatic heterocycles.